The molecule has 584 valence electrons. The van der Waals surface area contributed by atoms with E-state index in [1.54, 1.807) is 27.2 Å². The van der Waals surface area contributed by atoms with Crippen LogP contribution >= 0.6 is 0 Å². The third kappa shape index (κ3) is 16.3. The van der Waals surface area contributed by atoms with Crippen LogP contribution in [0.1, 0.15) is 196 Å². The topological polar surface area (TPSA) is 32.4 Å². The number of likely N-dealkylation sites (tertiary alicyclic amines) is 5. The van der Waals surface area contributed by atoms with E-state index in [1.165, 1.54) is 293 Å². The molecule has 5 aromatic rings. The Bertz CT molecular complexity index is 3760. The number of halogens is 3. The predicted octanol–water partition coefficient (Wildman–Crippen LogP) is 18.2. The number of hydrogen-bond donors (Lipinski definition) is 0. The number of fused-ring (bicyclic) bond motifs is 5. The largest absolute Gasteiger partial charge is 0.401 e. The van der Waals surface area contributed by atoms with E-state index in [1.807, 2.05) is 6.08 Å². The van der Waals surface area contributed by atoms with Gasteiger partial charge in [-0.25, -0.2) is 0 Å². The molecule has 10 atom stereocenters. The summed E-state index contributed by atoms with van der Waals surface area (Å²) in [6.07, 6.45) is 29.2. The standard InChI is InChI=1S/C20H28N2.2C19H28N2.C19H26N2.C18H23F3N2/c1-2-10-22(11-3-1)19-8-6-17(7-9-19)20-12-18(20)14-21(15-20)13-16-4-5-16;1-15(2)21-13-17-12-19(17,14-21)16-6-8-18(9-7-16)20-10-4-3-5-11-20;2*1-2-10-20-14-17-13-19(17,15-20)16-6-8-18(9-7-16)21-11-4-3-5-12-21;19-18(20,21)13-22-11-15-10-17(15,12-22)14-4-6-16(7-5-14)23-8-2-1-3-9-23/h6-9,16,18H,1-5,10-15H2;6-9,15,17H,3-5,10-14H2,1-2H3;6-9,17H,2-5,10-15H2,1H3;2,6-9,17H,1,3-5,10-15H2;4-7,15H,1-3,8-13H2/t18-,20+;;;;/m1..../s1. The zero-order valence-corrected chi connectivity index (χ0v) is 66.7. The highest BCUT2D eigenvalue weighted by molar-refractivity contribution is 5.56. The van der Waals surface area contributed by atoms with Crippen LogP contribution in [0.15, 0.2) is 134 Å². The van der Waals surface area contributed by atoms with Crippen molar-refractivity contribution in [2.75, 3.05) is 182 Å². The quantitative estimate of drug-likeness (QED) is 0.0791. The van der Waals surface area contributed by atoms with Crippen LogP contribution in [0.3, 0.4) is 0 Å². The van der Waals surface area contributed by atoms with E-state index in [9.17, 15) is 13.2 Å². The first-order valence-corrected chi connectivity index (χ1v) is 44.2. The van der Waals surface area contributed by atoms with Gasteiger partial charge in [-0.15, -0.1) is 6.58 Å². The summed E-state index contributed by atoms with van der Waals surface area (Å²) in [5, 5.41) is 0. The van der Waals surface area contributed by atoms with E-state index < -0.39 is 12.7 Å². The molecule has 10 aliphatic heterocycles. The molecule has 16 aliphatic rings. The Labute approximate surface area is 649 Å². The number of alkyl halides is 3. The molecule has 6 aliphatic carbocycles. The number of hydrogen-bond acceptors (Lipinski definition) is 10. The first-order valence-electron chi connectivity index (χ1n) is 44.2. The van der Waals surface area contributed by atoms with E-state index in [0.717, 1.165) is 55.6 Å². The molecule has 10 saturated heterocycles. The van der Waals surface area contributed by atoms with Crippen LogP contribution in [0.2, 0.25) is 0 Å². The van der Waals surface area contributed by atoms with Crippen LogP contribution < -0.4 is 24.5 Å². The summed E-state index contributed by atoms with van der Waals surface area (Å²) < 4.78 is 37.8. The van der Waals surface area contributed by atoms with Crippen LogP contribution in [0.5, 0.6) is 0 Å². The molecule has 108 heavy (non-hydrogen) atoms. The second kappa shape index (κ2) is 31.8. The normalized spacial score (nSPS) is 32.5. The van der Waals surface area contributed by atoms with Crippen LogP contribution in [0.25, 0.3) is 0 Å². The number of nitrogens with zero attached hydrogens (tertiary/aromatic N) is 10. The Kier molecular flexibility index (Phi) is 22.1. The highest BCUT2D eigenvalue weighted by Crippen LogP contribution is 2.63. The van der Waals surface area contributed by atoms with Gasteiger partial charge in [0.05, 0.1) is 6.54 Å². The summed E-state index contributed by atoms with van der Waals surface area (Å²) in [4.78, 5) is 24.9. The smallest absolute Gasteiger partial charge is 0.372 e. The molecule has 0 spiro atoms. The van der Waals surface area contributed by atoms with Crippen LogP contribution in [0, 0.1) is 35.5 Å². The van der Waals surface area contributed by atoms with Crippen molar-refractivity contribution in [1.29, 1.82) is 0 Å². The maximum atomic E-state index is 12.6. The molecule has 0 aromatic heterocycles. The van der Waals surface area contributed by atoms with Gasteiger partial charge in [0.25, 0.3) is 0 Å². The molecule has 5 aromatic carbocycles. The molecule has 6 saturated carbocycles. The molecule has 10 heterocycles. The Hall–Kier alpha value is -5.57. The zero-order valence-electron chi connectivity index (χ0n) is 66.7. The molecular formula is C95H133F3N10. The first kappa shape index (κ1) is 75.1. The van der Waals surface area contributed by atoms with E-state index in [2.05, 4.69) is 193 Å². The lowest BCUT2D eigenvalue weighted by Crippen LogP contribution is -2.35. The minimum atomic E-state index is -4.09. The van der Waals surface area contributed by atoms with Gasteiger partial charge in [-0.2, -0.15) is 13.2 Å². The van der Waals surface area contributed by atoms with Gasteiger partial charge in [0.2, 0.25) is 0 Å². The Morgan fingerprint density at radius 2 is 0.648 bits per heavy atom. The average Bonchev–Trinajstić information content (AvgIpc) is 1.58. The van der Waals surface area contributed by atoms with Crippen molar-refractivity contribution in [2.24, 2.45) is 35.5 Å². The van der Waals surface area contributed by atoms with Crippen LogP contribution in [-0.2, 0) is 27.1 Å². The van der Waals surface area contributed by atoms with Crippen molar-refractivity contribution in [3.63, 3.8) is 0 Å². The number of piperidine rings is 10. The molecule has 0 radical (unpaired) electrons. The van der Waals surface area contributed by atoms with Gasteiger partial charge in [-0.05, 0) is 292 Å². The fourth-order valence-electron chi connectivity index (χ4n) is 23.3. The maximum Gasteiger partial charge on any atom is 0.401 e. The van der Waals surface area contributed by atoms with E-state index >= 15 is 0 Å². The minimum absolute atomic E-state index is 0.00826. The first-order chi connectivity index (χ1) is 52.6. The van der Waals surface area contributed by atoms with Gasteiger partial charge in [-0.3, -0.25) is 14.7 Å². The molecule has 0 amide bonds. The number of anilines is 5. The monoisotopic (exact) mass is 1470 g/mol. The molecule has 10 nitrogen and oxygen atoms in total. The molecule has 8 unspecified atom stereocenters. The lowest BCUT2D eigenvalue weighted by molar-refractivity contribution is -0.144. The third-order valence-corrected chi connectivity index (χ3v) is 30.1. The second-order valence-electron chi connectivity index (χ2n) is 37.9. The molecule has 0 bridgehead atoms. The Morgan fingerprint density at radius 3 is 0.944 bits per heavy atom. The predicted molar refractivity (Wildman–Crippen MR) is 443 cm³/mol. The fraction of sp³-hybridized carbons (Fsp3) is 0.663. The Morgan fingerprint density at radius 1 is 0.370 bits per heavy atom. The van der Waals surface area contributed by atoms with Crippen molar-refractivity contribution in [3.8, 4) is 0 Å². The van der Waals surface area contributed by atoms with Gasteiger partial charge in [0.15, 0.2) is 0 Å². The SMILES string of the molecule is C=CCN1CC2CC2(c2ccc(N3CCCCC3)cc2)C1.CC(C)N1CC2CC2(c2ccc(N3CCCCC3)cc2)C1.CCCN1CC2CC2(c2ccc(N3CCCCC3)cc2)C1.FC(F)(F)CN1CC2CC2(c2ccc(N3CCCCC3)cc2)C1.c1cc([C@@]23C[C@@H]2CN(CC2CC2)C3)ccc1N1CCCCC1. The third-order valence-electron chi connectivity index (χ3n) is 30.1. The summed E-state index contributed by atoms with van der Waals surface area (Å²) in [5.41, 5.74) is 16.7. The van der Waals surface area contributed by atoms with Crippen molar-refractivity contribution in [2.45, 2.75) is 208 Å². The van der Waals surface area contributed by atoms with Crippen LogP contribution in [0.4, 0.5) is 41.6 Å². The van der Waals surface area contributed by atoms with E-state index in [-0.39, 0.29) is 5.41 Å². The lowest BCUT2D eigenvalue weighted by Gasteiger charge is -2.29. The maximum absolute atomic E-state index is 12.6. The summed E-state index contributed by atoms with van der Waals surface area (Å²) >= 11 is 0. The fourth-order valence-corrected chi connectivity index (χ4v) is 23.3. The number of rotatable bonds is 18. The Balaban J connectivity index is 0.0000000989. The van der Waals surface area contributed by atoms with Gasteiger partial charge < -0.3 is 34.3 Å². The van der Waals surface area contributed by atoms with Gasteiger partial charge >= 0.3 is 6.18 Å². The number of benzene rings is 5. The summed E-state index contributed by atoms with van der Waals surface area (Å²) in [5.74, 6) is 5.14. The van der Waals surface area contributed by atoms with E-state index in [4.69, 9.17) is 0 Å². The minimum Gasteiger partial charge on any atom is -0.372 e. The van der Waals surface area contributed by atoms with Crippen molar-refractivity contribution in [3.05, 3.63) is 162 Å². The molecule has 13 heteroatoms. The summed E-state index contributed by atoms with van der Waals surface area (Å²) in [6.45, 7) is 37.5. The van der Waals surface area contributed by atoms with Crippen LogP contribution in [-0.4, -0.2) is 194 Å². The second-order valence-corrected chi connectivity index (χ2v) is 37.9. The highest BCUT2D eigenvalue weighted by atomic mass is 19.4. The summed E-state index contributed by atoms with van der Waals surface area (Å²) in [7, 11) is 0. The highest BCUT2D eigenvalue weighted by Gasteiger charge is 2.64. The average molecular weight is 1470 g/mol. The molecule has 21 rings (SSSR count). The van der Waals surface area contributed by atoms with Crippen molar-refractivity contribution < 1.29 is 13.2 Å². The zero-order chi connectivity index (χ0) is 73.7. The van der Waals surface area contributed by atoms with Gasteiger partial charge in [0, 0.05) is 206 Å². The molecule has 16 fully saturated rings. The lowest BCUT2D eigenvalue weighted by atomic mass is 9.94. The summed E-state index contributed by atoms with van der Waals surface area (Å²) in [6, 6.07) is 47.8. The van der Waals surface area contributed by atoms with Crippen molar-refractivity contribution >= 4 is 28.4 Å². The van der Waals surface area contributed by atoms with Gasteiger partial charge in [0.1, 0.15) is 0 Å². The van der Waals surface area contributed by atoms with Crippen molar-refractivity contribution in [1.82, 2.24) is 24.5 Å². The molecule has 0 N–H and O–H groups in total. The molecular weight excluding hydrogens is 1340 g/mol. The van der Waals surface area contributed by atoms with E-state index in [0.29, 0.717) is 46.7 Å². The van der Waals surface area contributed by atoms with Gasteiger partial charge in [-0.1, -0.05) is 73.7 Å².